The largest absolute Gasteiger partial charge is 0.462 e. The first-order chi connectivity index (χ1) is 15.9. The molecule has 10 nitrogen and oxygen atoms in total. The minimum Gasteiger partial charge on any atom is -0.462 e. The zero-order valence-electron chi connectivity index (χ0n) is 17.8. The number of hydrogen-bond donors (Lipinski definition) is 3. The summed E-state index contributed by atoms with van der Waals surface area (Å²) in [7, 11) is 0. The Balaban J connectivity index is 1.46. The number of rotatable bonds is 7. The lowest BCUT2D eigenvalue weighted by Crippen LogP contribution is -2.12. The van der Waals surface area contributed by atoms with E-state index in [1.165, 1.54) is 17.5 Å². The summed E-state index contributed by atoms with van der Waals surface area (Å²) in [4.78, 5) is 43.0. The Kier molecular flexibility index (Phi) is 6.05. The van der Waals surface area contributed by atoms with Gasteiger partial charge in [-0.25, -0.2) is 14.5 Å². The maximum absolute atomic E-state index is 12.6. The third-order valence-electron chi connectivity index (χ3n) is 4.85. The molecular weight excluding hydrogens is 444 g/mol. The summed E-state index contributed by atoms with van der Waals surface area (Å²) in [6, 6.07) is 8.40. The van der Waals surface area contributed by atoms with E-state index < -0.39 is 11.9 Å². The number of carbonyl (C=O) groups is 3. The van der Waals surface area contributed by atoms with Crippen LogP contribution in [0.25, 0.3) is 16.9 Å². The number of nitrogens with two attached hydrogens (primary N) is 1. The number of aromatic amines is 1. The summed E-state index contributed by atoms with van der Waals surface area (Å²) >= 11 is 1.27. The number of nitrogens with zero attached hydrogens (tertiary/aromatic N) is 3. The number of amides is 2. The van der Waals surface area contributed by atoms with Crippen LogP contribution in [0, 0.1) is 6.92 Å². The molecule has 4 rings (SSSR count). The number of aromatic nitrogens is 4. The zero-order valence-corrected chi connectivity index (χ0v) is 18.6. The summed E-state index contributed by atoms with van der Waals surface area (Å²) in [6.07, 6.45) is 3.09. The van der Waals surface area contributed by atoms with Crippen molar-refractivity contribution in [2.24, 2.45) is 5.73 Å². The highest BCUT2D eigenvalue weighted by molar-refractivity contribution is 7.14. The fourth-order valence-corrected chi connectivity index (χ4v) is 3.87. The fraction of sp³-hybridized carbons (Fsp3) is 0.136. The molecule has 4 N–H and O–H groups in total. The molecule has 0 aliphatic heterocycles. The molecule has 3 aromatic heterocycles. The van der Waals surface area contributed by atoms with E-state index in [4.69, 9.17) is 10.5 Å². The van der Waals surface area contributed by atoms with Gasteiger partial charge in [-0.3, -0.25) is 14.9 Å². The molecule has 0 saturated carbocycles. The lowest BCUT2D eigenvalue weighted by molar-refractivity contribution is 0.0525. The predicted molar refractivity (Wildman–Crippen MR) is 123 cm³/mol. The van der Waals surface area contributed by atoms with Gasteiger partial charge in [0.2, 0.25) is 0 Å². The molecule has 0 saturated heterocycles. The van der Waals surface area contributed by atoms with Gasteiger partial charge in [0.15, 0.2) is 5.13 Å². The number of H-pyrrole nitrogens is 1. The van der Waals surface area contributed by atoms with Crippen LogP contribution >= 0.6 is 11.3 Å². The summed E-state index contributed by atoms with van der Waals surface area (Å²) in [5.41, 5.74) is 9.02. The second-order valence-corrected chi connectivity index (χ2v) is 7.84. The summed E-state index contributed by atoms with van der Waals surface area (Å²) in [5, 5.41) is 9.21. The van der Waals surface area contributed by atoms with Crippen LogP contribution in [0.5, 0.6) is 0 Å². The SMILES string of the molecule is CCOC(=O)c1cnn(-c2ccc(C(=O)Nc3nc(-c4c[nH]c(C(N)=O)c4)cs3)cc2)c1C. The normalized spacial score (nSPS) is 10.7. The monoisotopic (exact) mass is 464 g/mol. The Labute approximate surface area is 192 Å². The second-order valence-electron chi connectivity index (χ2n) is 6.98. The number of ether oxygens (including phenoxy) is 1. The molecule has 0 aliphatic rings. The van der Waals surface area contributed by atoms with Gasteiger partial charge in [0.25, 0.3) is 11.8 Å². The molecule has 0 unspecified atom stereocenters. The molecule has 0 aliphatic carbocycles. The predicted octanol–water partition coefficient (Wildman–Crippen LogP) is 3.16. The molecule has 0 bridgehead atoms. The molecule has 0 atom stereocenters. The maximum Gasteiger partial charge on any atom is 0.341 e. The number of hydrogen-bond acceptors (Lipinski definition) is 7. The van der Waals surface area contributed by atoms with Crippen LogP contribution in [0.1, 0.15) is 43.8 Å². The van der Waals surface area contributed by atoms with Crippen LogP contribution in [-0.2, 0) is 4.74 Å². The average molecular weight is 465 g/mol. The van der Waals surface area contributed by atoms with Crippen molar-refractivity contribution in [1.82, 2.24) is 19.7 Å². The van der Waals surface area contributed by atoms with Crippen LogP contribution in [0.4, 0.5) is 5.13 Å². The third kappa shape index (κ3) is 4.53. The van der Waals surface area contributed by atoms with Crippen molar-refractivity contribution in [2.75, 3.05) is 11.9 Å². The molecule has 0 radical (unpaired) electrons. The maximum atomic E-state index is 12.6. The van der Waals surface area contributed by atoms with Gasteiger partial charge in [0, 0.05) is 22.7 Å². The van der Waals surface area contributed by atoms with E-state index in [1.807, 2.05) is 0 Å². The van der Waals surface area contributed by atoms with Crippen molar-refractivity contribution in [2.45, 2.75) is 13.8 Å². The fourth-order valence-electron chi connectivity index (χ4n) is 3.15. The van der Waals surface area contributed by atoms with Crippen LogP contribution in [0.3, 0.4) is 0 Å². The Morgan fingerprint density at radius 1 is 1.24 bits per heavy atom. The molecule has 0 spiro atoms. The third-order valence-corrected chi connectivity index (χ3v) is 5.61. The van der Waals surface area contributed by atoms with E-state index >= 15 is 0 Å². The first-order valence-corrected chi connectivity index (χ1v) is 10.8. The second kappa shape index (κ2) is 9.09. The van der Waals surface area contributed by atoms with Crippen molar-refractivity contribution in [3.8, 4) is 16.9 Å². The molecule has 0 fully saturated rings. The van der Waals surface area contributed by atoms with Crippen LogP contribution in [0.15, 0.2) is 48.1 Å². The number of carbonyl (C=O) groups excluding carboxylic acids is 3. The molecule has 4 aromatic rings. The quantitative estimate of drug-likeness (QED) is 0.358. The van der Waals surface area contributed by atoms with Crippen molar-refractivity contribution < 1.29 is 19.1 Å². The van der Waals surface area contributed by atoms with Gasteiger partial charge in [-0.05, 0) is 44.2 Å². The molecule has 1 aromatic carbocycles. The van der Waals surface area contributed by atoms with Gasteiger partial charge >= 0.3 is 5.97 Å². The number of primary amides is 1. The van der Waals surface area contributed by atoms with Crippen LogP contribution < -0.4 is 11.1 Å². The van der Waals surface area contributed by atoms with Gasteiger partial charge < -0.3 is 15.5 Å². The van der Waals surface area contributed by atoms with Crippen molar-refractivity contribution in [3.05, 3.63) is 70.6 Å². The van der Waals surface area contributed by atoms with E-state index in [9.17, 15) is 14.4 Å². The van der Waals surface area contributed by atoms with E-state index in [1.54, 1.807) is 60.4 Å². The molecular formula is C22H20N6O4S. The number of anilines is 1. The van der Waals surface area contributed by atoms with Crippen molar-refractivity contribution in [3.63, 3.8) is 0 Å². The minimum absolute atomic E-state index is 0.283. The zero-order chi connectivity index (χ0) is 23.5. The minimum atomic E-state index is -0.559. The van der Waals surface area contributed by atoms with Gasteiger partial charge in [-0.1, -0.05) is 0 Å². The number of benzene rings is 1. The Bertz CT molecular complexity index is 1340. The van der Waals surface area contributed by atoms with E-state index in [2.05, 4.69) is 20.4 Å². The first-order valence-electron chi connectivity index (χ1n) is 9.95. The number of nitrogens with one attached hydrogen (secondary N) is 2. The van der Waals surface area contributed by atoms with Gasteiger partial charge in [-0.15, -0.1) is 11.3 Å². The Hall–Kier alpha value is -4.25. The summed E-state index contributed by atoms with van der Waals surface area (Å²) in [6.45, 7) is 3.80. The van der Waals surface area contributed by atoms with Gasteiger partial charge in [-0.2, -0.15) is 5.10 Å². The lowest BCUT2D eigenvalue weighted by atomic mass is 10.2. The Morgan fingerprint density at radius 2 is 2.00 bits per heavy atom. The van der Waals surface area contributed by atoms with Crippen molar-refractivity contribution >= 4 is 34.3 Å². The lowest BCUT2D eigenvalue weighted by Gasteiger charge is -2.07. The highest BCUT2D eigenvalue weighted by Gasteiger charge is 2.17. The van der Waals surface area contributed by atoms with Crippen molar-refractivity contribution in [1.29, 1.82) is 0 Å². The highest BCUT2D eigenvalue weighted by Crippen LogP contribution is 2.26. The number of thiazole rings is 1. The molecule has 3 heterocycles. The van der Waals surface area contributed by atoms with Crippen LogP contribution in [-0.4, -0.2) is 44.1 Å². The summed E-state index contributed by atoms with van der Waals surface area (Å²) in [5.74, 6) is -1.31. The van der Waals surface area contributed by atoms with E-state index in [-0.39, 0.29) is 18.2 Å². The molecule has 2 amide bonds. The highest BCUT2D eigenvalue weighted by atomic mass is 32.1. The Morgan fingerprint density at radius 3 is 2.67 bits per heavy atom. The van der Waals surface area contributed by atoms with Crippen LogP contribution in [0.2, 0.25) is 0 Å². The van der Waals surface area contributed by atoms with Gasteiger partial charge in [0.1, 0.15) is 11.3 Å². The van der Waals surface area contributed by atoms with Gasteiger partial charge in [0.05, 0.1) is 29.9 Å². The first kappa shape index (κ1) is 22.0. The van der Waals surface area contributed by atoms with E-state index in [0.29, 0.717) is 38.9 Å². The smallest absolute Gasteiger partial charge is 0.341 e. The molecule has 11 heteroatoms. The molecule has 168 valence electrons. The number of esters is 1. The van der Waals surface area contributed by atoms with E-state index in [0.717, 1.165) is 0 Å². The molecule has 33 heavy (non-hydrogen) atoms. The standard InChI is InChI=1S/C22H20N6O4S/c1-3-32-21(31)16-10-25-28(12(16)2)15-6-4-13(5-7-15)20(30)27-22-26-18(11-33-22)14-8-17(19(23)29)24-9-14/h4-11,24H,3H2,1-2H3,(H2,23,29)(H,26,27,30). The average Bonchev–Trinajstić information content (AvgIpc) is 3.53. The summed E-state index contributed by atoms with van der Waals surface area (Å²) < 4.78 is 6.64. The topological polar surface area (TPSA) is 145 Å².